The van der Waals surface area contributed by atoms with Crippen LogP contribution in [0, 0.1) is 0 Å². The Bertz CT molecular complexity index is 644. The van der Waals surface area contributed by atoms with E-state index < -0.39 is 0 Å². The van der Waals surface area contributed by atoms with Gasteiger partial charge in [-0.2, -0.15) is 0 Å². The number of nitrogens with zero attached hydrogens (tertiary/aromatic N) is 1. The molecule has 3 aromatic rings. The summed E-state index contributed by atoms with van der Waals surface area (Å²) >= 11 is 1.77. The first kappa shape index (κ1) is 10.3. The lowest BCUT2D eigenvalue weighted by atomic mass is 10.1. The minimum absolute atomic E-state index is 0.593. The Kier molecular flexibility index (Phi) is 2.53. The van der Waals surface area contributed by atoms with Crippen LogP contribution in [0.5, 0.6) is 0 Å². The van der Waals surface area contributed by atoms with E-state index in [1.165, 1.54) is 15.8 Å². The van der Waals surface area contributed by atoms with Gasteiger partial charge in [-0.15, -0.1) is 11.3 Å². The molecule has 2 heterocycles. The summed E-state index contributed by atoms with van der Waals surface area (Å²) in [5.41, 5.74) is 8.06. The van der Waals surface area contributed by atoms with Crippen LogP contribution in [0.1, 0.15) is 10.4 Å². The topological polar surface area (TPSA) is 38.9 Å². The molecular weight excluding hydrogens is 228 g/mol. The molecule has 0 aliphatic rings. The third-order valence-electron chi connectivity index (χ3n) is 2.77. The highest BCUT2D eigenvalue weighted by atomic mass is 32.1. The summed E-state index contributed by atoms with van der Waals surface area (Å²) in [7, 11) is 0. The molecule has 0 saturated heterocycles. The highest BCUT2D eigenvalue weighted by Crippen LogP contribution is 2.23. The standard InChI is InChI=1S/C14H12N2S/c15-14-9-10(8-11-4-3-7-17-11)12-5-1-2-6-13(12)16-14/h1-7,9H,8H2,(H2,15,16). The van der Waals surface area contributed by atoms with Gasteiger partial charge in [0.1, 0.15) is 5.82 Å². The highest BCUT2D eigenvalue weighted by Gasteiger charge is 2.05. The minimum Gasteiger partial charge on any atom is -0.384 e. The van der Waals surface area contributed by atoms with Crippen LogP contribution in [0.3, 0.4) is 0 Å². The fraction of sp³-hybridized carbons (Fsp3) is 0.0714. The molecular formula is C14H12N2S. The van der Waals surface area contributed by atoms with Crippen molar-refractivity contribution in [3.8, 4) is 0 Å². The maximum atomic E-state index is 5.85. The largest absolute Gasteiger partial charge is 0.384 e. The van der Waals surface area contributed by atoms with Crippen molar-refractivity contribution in [3.05, 3.63) is 58.3 Å². The minimum atomic E-state index is 0.593. The van der Waals surface area contributed by atoms with Crippen LogP contribution >= 0.6 is 11.3 Å². The zero-order chi connectivity index (χ0) is 11.7. The number of rotatable bonds is 2. The van der Waals surface area contributed by atoms with Gasteiger partial charge in [-0.3, -0.25) is 0 Å². The molecule has 0 saturated carbocycles. The van der Waals surface area contributed by atoms with Gasteiger partial charge >= 0.3 is 0 Å². The van der Waals surface area contributed by atoms with Gasteiger partial charge in [0.05, 0.1) is 5.52 Å². The fourth-order valence-corrected chi connectivity index (χ4v) is 2.75. The number of hydrogen-bond acceptors (Lipinski definition) is 3. The van der Waals surface area contributed by atoms with Gasteiger partial charge in [-0.05, 0) is 29.1 Å². The second-order valence-electron chi connectivity index (χ2n) is 3.98. The lowest BCUT2D eigenvalue weighted by Gasteiger charge is -2.06. The molecule has 84 valence electrons. The normalized spacial score (nSPS) is 10.8. The lowest BCUT2D eigenvalue weighted by Crippen LogP contribution is -1.95. The van der Waals surface area contributed by atoms with E-state index in [1.807, 2.05) is 24.3 Å². The molecule has 0 unspecified atom stereocenters. The van der Waals surface area contributed by atoms with Gasteiger partial charge in [0.15, 0.2) is 0 Å². The summed E-state index contributed by atoms with van der Waals surface area (Å²) in [6.45, 7) is 0. The molecule has 0 amide bonds. The van der Waals surface area contributed by atoms with Crippen LogP contribution in [0.4, 0.5) is 5.82 Å². The van der Waals surface area contributed by atoms with Crippen LogP contribution < -0.4 is 5.73 Å². The predicted octanol–water partition coefficient (Wildman–Crippen LogP) is 3.47. The molecule has 0 fully saturated rings. The maximum Gasteiger partial charge on any atom is 0.124 e. The van der Waals surface area contributed by atoms with Crippen molar-refractivity contribution >= 4 is 28.1 Å². The molecule has 0 atom stereocenters. The van der Waals surface area contributed by atoms with Crippen molar-refractivity contribution in [2.45, 2.75) is 6.42 Å². The van der Waals surface area contributed by atoms with E-state index in [0.717, 1.165) is 11.9 Å². The summed E-state index contributed by atoms with van der Waals surface area (Å²) in [4.78, 5) is 5.69. The Morgan fingerprint density at radius 3 is 2.82 bits per heavy atom. The first-order valence-electron chi connectivity index (χ1n) is 5.49. The molecule has 3 heteroatoms. The summed E-state index contributed by atoms with van der Waals surface area (Å²) in [5, 5.41) is 3.29. The fourth-order valence-electron chi connectivity index (χ4n) is 2.02. The average Bonchev–Trinajstić information content (AvgIpc) is 2.81. The number of thiophene rings is 1. The Labute approximate surface area is 104 Å². The quantitative estimate of drug-likeness (QED) is 0.745. The van der Waals surface area contributed by atoms with Crippen molar-refractivity contribution in [2.75, 3.05) is 5.73 Å². The predicted molar refractivity (Wildman–Crippen MR) is 73.3 cm³/mol. The zero-order valence-corrected chi connectivity index (χ0v) is 10.1. The SMILES string of the molecule is Nc1cc(Cc2cccs2)c2ccccc2n1. The van der Waals surface area contributed by atoms with E-state index in [2.05, 4.69) is 28.6 Å². The van der Waals surface area contributed by atoms with Crippen molar-refractivity contribution in [2.24, 2.45) is 0 Å². The second kappa shape index (κ2) is 4.18. The van der Waals surface area contributed by atoms with Crippen molar-refractivity contribution in [1.29, 1.82) is 0 Å². The zero-order valence-electron chi connectivity index (χ0n) is 9.26. The number of para-hydroxylation sites is 1. The van der Waals surface area contributed by atoms with Crippen LogP contribution in [-0.2, 0) is 6.42 Å². The first-order valence-corrected chi connectivity index (χ1v) is 6.37. The molecule has 0 radical (unpaired) electrons. The molecule has 0 bridgehead atoms. The summed E-state index contributed by atoms with van der Waals surface area (Å²) < 4.78 is 0. The van der Waals surface area contributed by atoms with E-state index in [4.69, 9.17) is 5.73 Å². The van der Waals surface area contributed by atoms with Crippen molar-refractivity contribution in [3.63, 3.8) is 0 Å². The Morgan fingerprint density at radius 2 is 2.00 bits per heavy atom. The average molecular weight is 240 g/mol. The molecule has 3 rings (SSSR count). The molecule has 2 nitrogen and oxygen atoms in total. The third-order valence-corrected chi connectivity index (χ3v) is 3.64. The summed E-state index contributed by atoms with van der Waals surface area (Å²) in [5.74, 6) is 0.593. The third kappa shape index (κ3) is 2.01. The number of fused-ring (bicyclic) bond motifs is 1. The van der Waals surface area contributed by atoms with E-state index in [9.17, 15) is 0 Å². The van der Waals surface area contributed by atoms with Crippen molar-refractivity contribution < 1.29 is 0 Å². The Balaban J connectivity index is 2.14. The lowest BCUT2D eigenvalue weighted by molar-refractivity contribution is 1.25. The smallest absolute Gasteiger partial charge is 0.124 e. The second-order valence-corrected chi connectivity index (χ2v) is 5.01. The Hall–Kier alpha value is -1.87. The van der Waals surface area contributed by atoms with Gasteiger partial charge < -0.3 is 5.73 Å². The number of hydrogen-bond donors (Lipinski definition) is 1. The van der Waals surface area contributed by atoms with E-state index in [-0.39, 0.29) is 0 Å². The number of pyridine rings is 1. The van der Waals surface area contributed by atoms with E-state index in [0.29, 0.717) is 5.82 Å². The summed E-state index contributed by atoms with van der Waals surface area (Å²) in [6, 6.07) is 14.3. The van der Waals surface area contributed by atoms with Crippen LogP contribution in [0.15, 0.2) is 47.8 Å². The van der Waals surface area contributed by atoms with Crippen LogP contribution in [0.2, 0.25) is 0 Å². The molecule has 0 aliphatic heterocycles. The number of anilines is 1. The Morgan fingerprint density at radius 1 is 1.12 bits per heavy atom. The molecule has 2 aromatic heterocycles. The monoisotopic (exact) mass is 240 g/mol. The number of nitrogens with two attached hydrogens (primary N) is 1. The van der Waals surface area contributed by atoms with Crippen molar-refractivity contribution in [1.82, 2.24) is 4.98 Å². The number of benzene rings is 1. The van der Waals surface area contributed by atoms with E-state index >= 15 is 0 Å². The number of aromatic nitrogens is 1. The van der Waals surface area contributed by atoms with Gasteiger partial charge in [0.25, 0.3) is 0 Å². The van der Waals surface area contributed by atoms with Gasteiger partial charge in [0.2, 0.25) is 0 Å². The van der Waals surface area contributed by atoms with E-state index in [1.54, 1.807) is 11.3 Å². The van der Waals surface area contributed by atoms with Crippen LogP contribution in [-0.4, -0.2) is 4.98 Å². The molecule has 17 heavy (non-hydrogen) atoms. The molecule has 2 N–H and O–H groups in total. The van der Waals surface area contributed by atoms with Gasteiger partial charge in [-0.1, -0.05) is 24.3 Å². The molecule has 0 aliphatic carbocycles. The first-order chi connectivity index (χ1) is 8.33. The van der Waals surface area contributed by atoms with Gasteiger partial charge in [0, 0.05) is 16.7 Å². The molecule has 0 spiro atoms. The molecule has 1 aromatic carbocycles. The summed E-state index contributed by atoms with van der Waals surface area (Å²) in [6.07, 6.45) is 0.922. The highest BCUT2D eigenvalue weighted by molar-refractivity contribution is 7.09. The number of nitrogen functional groups attached to an aromatic ring is 1. The van der Waals surface area contributed by atoms with Crippen LogP contribution in [0.25, 0.3) is 10.9 Å². The maximum absolute atomic E-state index is 5.85. The van der Waals surface area contributed by atoms with Gasteiger partial charge in [-0.25, -0.2) is 4.98 Å².